The van der Waals surface area contributed by atoms with Crippen LogP contribution in [0.15, 0.2) is 48.6 Å². The summed E-state index contributed by atoms with van der Waals surface area (Å²) in [5.74, 6) is -4.51. The van der Waals surface area contributed by atoms with E-state index in [1.54, 1.807) is 24.3 Å². The zero-order valence-corrected chi connectivity index (χ0v) is 7.78. The molecule has 0 spiro atoms. The first-order valence-corrected chi connectivity index (χ1v) is 4.48. The first kappa shape index (κ1) is 9.77. The molecule has 2 rings (SSSR count). The normalized spacial score (nSPS) is 18.8. The van der Waals surface area contributed by atoms with Crippen molar-refractivity contribution >= 4 is 11.4 Å². The smallest absolute Gasteiger partial charge is 0.288 e. The summed E-state index contributed by atoms with van der Waals surface area (Å²) in [7, 11) is 0. The molecule has 0 heterocycles. The van der Waals surface area contributed by atoms with Crippen LogP contribution in [-0.4, -0.2) is 11.7 Å². The maximum absolute atomic E-state index is 12.8. The molecule has 3 heteroatoms. The number of hydrogen-bond donors (Lipinski definition) is 0. The molecule has 15 heavy (non-hydrogen) atoms. The van der Waals surface area contributed by atoms with Crippen molar-refractivity contribution < 1.29 is 13.6 Å². The van der Waals surface area contributed by atoms with Gasteiger partial charge in [-0.15, -0.1) is 0 Å². The fraction of sp³-hybridized carbons (Fsp3) is 0.0833. The Balaban J connectivity index is 2.36. The van der Waals surface area contributed by atoms with E-state index in [1.165, 1.54) is 6.08 Å². The second-order valence-electron chi connectivity index (χ2n) is 3.29. The fourth-order valence-electron chi connectivity index (χ4n) is 1.37. The molecule has 0 saturated heterocycles. The topological polar surface area (TPSA) is 17.1 Å². The zero-order valence-electron chi connectivity index (χ0n) is 7.78. The number of alkyl halides is 2. The van der Waals surface area contributed by atoms with E-state index in [0.29, 0.717) is 11.6 Å². The van der Waals surface area contributed by atoms with Crippen molar-refractivity contribution in [2.24, 2.45) is 0 Å². The van der Waals surface area contributed by atoms with E-state index in [0.717, 1.165) is 11.6 Å². The second kappa shape index (κ2) is 3.42. The lowest BCUT2D eigenvalue weighted by Gasteiger charge is -2.13. The Morgan fingerprint density at radius 1 is 1.07 bits per heavy atom. The van der Waals surface area contributed by atoms with Crippen LogP contribution in [0.3, 0.4) is 0 Å². The van der Waals surface area contributed by atoms with Gasteiger partial charge in [-0.2, -0.15) is 8.78 Å². The Labute approximate surface area is 85.7 Å². The third-order valence-electron chi connectivity index (χ3n) is 2.19. The fourth-order valence-corrected chi connectivity index (χ4v) is 1.37. The molecule has 0 unspecified atom stereocenters. The number of ketones is 1. The van der Waals surface area contributed by atoms with Crippen molar-refractivity contribution in [3.8, 4) is 0 Å². The lowest BCUT2D eigenvalue weighted by molar-refractivity contribution is -0.131. The Bertz CT molecular complexity index is 444. The number of carbonyl (C=O) groups is 1. The van der Waals surface area contributed by atoms with Crippen LogP contribution in [0.4, 0.5) is 8.78 Å². The molecule has 1 nitrogen and oxygen atoms in total. The van der Waals surface area contributed by atoms with Crippen LogP contribution >= 0.6 is 0 Å². The van der Waals surface area contributed by atoms with Gasteiger partial charge in [-0.1, -0.05) is 36.4 Å². The van der Waals surface area contributed by atoms with E-state index in [2.05, 4.69) is 0 Å². The SMILES string of the molecule is O=C1C=C(c2ccccc2)C=CC1(F)F. The third-order valence-corrected chi connectivity index (χ3v) is 2.19. The summed E-state index contributed by atoms with van der Waals surface area (Å²) < 4.78 is 25.6. The van der Waals surface area contributed by atoms with E-state index >= 15 is 0 Å². The highest BCUT2D eigenvalue weighted by molar-refractivity contribution is 6.06. The van der Waals surface area contributed by atoms with Gasteiger partial charge in [-0.05, 0) is 23.3 Å². The largest absolute Gasteiger partial charge is 0.327 e. The summed E-state index contributed by atoms with van der Waals surface area (Å²) in [5, 5.41) is 0. The number of allylic oxidation sites excluding steroid dienone is 4. The van der Waals surface area contributed by atoms with Crippen molar-refractivity contribution in [3.05, 3.63) is 54.1 Å². The molecule has 0 aliphatic heterocycles. The minimum atomic E-state index is -3.35. The van der Waals surface area contributed by atoms with Gasteiger partial charge in [0.05, 0.1) is 0 Å². The molecule has 1 aromatic carbocycles. The van der Waals surface area contributed by atoms with Crippen LogP contribution in [0.25, 0.3) is 5.57 Å². The Hall–Kier alpha value is -1.77. The Morgan fingerprint density at radius 2 is 1.73 bits per heavy atom. The van der Waals surface area contributed by atoms with E-state index in [9.17, 15) is 13.6 Å². The summed E-state index contributed by atoms with van der Waals surface area (Å²) in [6.45, 7) is 0. The van der Waals surface area contributed by atoms with Gasteiger partial charge in [-0.25, -0.2) is 0 Å². The molecule has 0 N–H and O–H groups in total. The minimum Gasteiger partial charge on any atom is -0.288 e. The maximum atomic E-state index is 12.8. The highest BCUT2D eigenvalue weighted by Gasteiger charge is 2.36. The Kier molecular flexibility index (Phi) is 2.23. The van der Waals surface area contributed by atoms with Gasteiger partial charge >= 0.3 is 5.92 Å². The molecular formula is C12H8F2O. The molecule has 0 atom stereocenters. The van der Waals surface area contributed by atoms with Crippen molar-refractivity contribution in [1.29, 1.82) is 0 Å². The van der Waals surface area contributed by atoms with E-state index in [1.807, 2.05) is 6.07 Å². The molecule has 0 fully saturated rings. The predicted molar refractivity (Wildman–Crippen MR) is 53.5 cm³/mol. The van der Waals surface area contributed by atoms with Crippen LogP contribution in [-0.2, 0) is 4.79 Å². The molecule has 0 aromatic heterocycles. The number of benzene rings is 1. The van der Waals surface area contributed by atoms with Gasteiger partial charge in [-0.3, -0.25) is 4.79 Å². The Morgan fingerprint density at radius 3 is 2.33 bits per heavy atom. The number of carbonyl (C=O) groups excluding carboxylic acids is 1. The zero-order chi connectivity index (χ0) is 10.9. The highest BCUT2D eigenvalue weighted by Crippen LogP contribution is 2.27. The van der Waals surface area contributed by atoms with Crippen LogP contribution in [0, 0.1) is 0 Å². The predicted octanol–water partition coefficient (Wildman–Crippen LogP) is 2.84. The van der Waals surface area contributed by atoms with Crippen LogP contribution in [0.1, 0.15) is 5.56 Å². The van der Waals surface area contributed by atoms with Gasteiger partial charge in [0.2, 0.25) is 5.78 Å². The van der Waals surface area contributed by atoms with Crippen LogP contribution in [0.2, 0.25) is 0 Å². The van der Waals surface area contributed by atoms with Crippen molar-refractivity contribution in [2.45, 2.75) is 5.92 Å². The van der Waals surface area contributed by atoms with Gasteiger partial charge < -0.3 is 0 Å². The molecule has 0 bridgehead atoms. The molecule has 1 aliphatic rings. The number of rotatable bonds is 1. The molecule has 0 radical (unpaired) electrons. The molecular weight excluding hydrogens is 198 g/mol. The van der Waals surface area contributed by atoms with Crippen molar-refractivity contribution in [1.82, 2.24) is 0 Å². The van der Waals surface area contributed by atoms with Gasteiger partial charge in [0.15, 0.2) is 0 Å². The van der Waals surface area contributed by atoms with Crippen LogP contribution in [0.5, 0.6) is 0 Å². The second-order valence-corrected chi connectivity index (χ2v) is 3.29. The monoisotopic (exact) mass is 206 g/mol. The van der Waals surface area contributed by atoms with Gasteiger partial charge in [0.25, 0.3) is 0 Å². The van der Waals surface area contributed by atoms with Crippen LogP contribution < -0.4 is 0 Å². The number of hydrogen-bond acceptors (Lipinski definition) is 1. The van der Waals surface area contributed by atoms with E-state index < -0.39 is 11.7 Å². The summed E-state index contributed by atoms with van der Waals surface area (Å²) in [4.78, 5) is 11.0. The first-order chi connectivity index (χ1) is 7.09. The standard InChI is InChI=1S/C12H8F2O/c13-12(14)7-6-10(8-11(12)15)9-4-2-1-3-5-9/h1-8H. The summed E-state index contributed by atoms with van der Waals surface area (Å²) in [6.07, 6.45) is 2.89. The maximum Gasteiger partial charge on any atom is 0.327 e. The summed E-state index contributed by atoms with van der Waals surface area (Å²) in [5.41, 5.74) is 1.28. The number of halogens is 2. The summed E-state index contributed by atoms with van der Waals surface area (Å²) in [6, 6.07) is 8.95. The average molecular weight is 206 g/mol. The minimum absolute atomic E-state index is 0.520. The van der Waals surface area contributed by atoms with Gasteiger partial charge in [0.1, 0.15) is 0 Å². The van der Waals surface area contributed by atoms with Gasteiger partial charge in [0, 0.05) is 0 Å². The lowest BCUT2D eigenvalue weighted by atomic mass is 9.97. The third kappa shape index (κ3) is 1.86. The molecule has 76 valence electrons. The highest BCUT2D eigenvalue weighted by atomic mass is 19.3. The lowest BCUT2D eigenvalue weighted by Crippen LogP contribution is -2.26. The van der Waals surface area contributed by atoms with Crippen molar-refractivity contribution in [2.75, 3.05) is 0 Å². The molecule has 0 saturated carbocycles. The van der Waals surface area contributed by atoms with E-state index in [4.69, 9.17) is 0 Å². The molecule has 0 amide bonds. The van der Waals surface area contributed by atoms with E-state index in [-0.39, 0.29) is 0 Å². The van der Waals surface area contributed by atoms with Crippen molar-refractivity contribution in [3.63, 3.8) is 0 Å². The average Bonchev–Trinajstić information content (AvgIpc) is 2.23. The first-order valence-electron chi connectivity index (χ1n) is 4.48. The summed E-state index contributed by atoms with van der Waals surface area (Å²) >= 11 is 0. The molecule has 1 aliphatic carbocycles. The molecule has 1 aromatic rings. The quantitative estimate of drug-likeness (QED) is 0.690.